The number of aromatic nitrogens is 2. The first-order valence-corrected chi connectivity index (χ1v) is 13.4. The first kappa shape index (κ1) is 26.0. The number of hydrogen-bond donors (Lipinski definition) is 1. The van der Waals surface area contributed by atoms with Crippen molar-refractivity contribution in [3.63, 3.8) is 0 Å². The highest BCUT2D eigenvalue weighted by Crippen LogP contribution is 2.25. The van der Waals surface area contributed by atoms with Crippen molar-refractivity contribution in [3.05, 3.63) is 63.7 Å². The van der Waals surface area contributed by atoms with Gasteiger partial charge in [0.05, 0.1) is 47.7 Å². The summed E-state index contributed by atoms with van der Waals surface area (Å²) in [6, 6.07) is 4.34. The molecule has 4 aliphatic rings. The maximum absolute atomic E-state index is 5.75. The minimum atomic E-state index is 0.294. The topological polar surface area (TPSA) is 59.5 Å². The SMILES string of the molecule is Brc1cnc2c(c1)C=CC2.C[C@@H]1CN(c2cnc3c(c2)C=CC3)C[C@H](C)O1.C[C@@H]1CNC[C@H](C)O1. The van der Waals surface area contributed by atoms with E-state index in [2.05, 4.69) is 100 Å². The van der Waals surface area contributed by atoms with Gasteiger partial charge in [-0.15, -0.1) is 0 Å². The molecule has 0 saturated carbocycles. The predicted octanol–water partition coefficient (Wildman–Crippen LogP) is 5.06. The largest absolute Gasteiger partial charge is 0.373 e. The van der Waals surface area contributed by atoms with Crippen molar-refractivity contribution < 1.29 is 9.47 Å². The third kappa shape index (κ3) is 7.46. The Kier molecular flexibility index (Phi) is 9.11. The van der Waals surface area contributed by atoms with Gasteiger partial charge in [0.15, 0.2) is 0 Å². The third-order valence-corrected chi connectivity index (χ3v) is 6.72. The van der Waals surface area contributed by atoms with E-state index in [1.807, 2.05) is 12.4 Å². The predicted molar refractivity (Wildman–Crippen MR) is 147 cm³/mol. The average Bonchev–Trinajstić information content (AvgIpc) is 3.47. The van der Waals surface area contributed by atoms with E-state index in [0.717, 1.165) is 43.5 Å². The highest BCUT2D eigenvalue weighted by molar-refractivity contribution is 9.10. The lowest BCUT2D eigenvalue weighted by Crippen LogP contribution is -2.45. The fourth-order valence-corrected chi connectivity index (χ4v) is 5.10. The molecule has 0 amide bonds. The maximum Gasteiger partial charge on any atom is 0.0726 e. The van der Waals surface area contributed by atoms with Crippen LogP contribution in [0, 0.1) is 0 Å². The number of fused-ring (bicyclic) bond motifs is 2. The Morgan fingerprint density at radius 1 is 0.800 bits per heavy atom. The van der Waals surface area contributed by atoms with Gasteiger partial charge < -0.3 is 19.7 Å². The van der Waals surface area contributed by atoms with E-state index < -0.39 is 0 Å². The highest BCUT2D eigenvalue weighted by atomic mass is 79.9. The van der Waals surface area contributed by atoms with Gasteiger partial charge in [0.25, 0.3) is 0 Å². The maximum atomic E-state index is 5.75. The summed E-state index contributed by atoms with van der Waals surface area (Å²) in [7, 11) is 0. The number of nitrogens with one attached hydrogen (secondary N) is 1. The van der Waals surface area contributed by atoms with Gasteiger partial charge in [-0.3, -0.25) is 9.97 Å². The van der Waals surface area contributed by atoms with Gasteiger partial charge in [-0.25, -0.2) is 0 Å². The normalized spacial score (nSPS) is 26.3. The van der Waals surface area contributed by atoms with E-state index in [1.54, 1.807) is 0 Å². The summed E-state index contributed by atoms with van der Waals surface area (Å²) < 4.78 is 12.2. The van der Waals surface area contributed by atoms with Gasteiger partial charge >= 0.3 is 0 Å². The summed E-state index contributed by atoms with van der Waals surface area (Å²) in [4.78, 5) is 11.2. The quantitative estimate of drug-likeness (QED) is 0.545. The molecule has 2 aliphatic heterocycles. The van der Waals surface area contributed by atoms with E-state index in [1.165, 1.54) is 28.2 Å². The van der Waals surface area contributed by atoms with Crippen molar-refractivity contribution in [2.24, 2.45) is 0 Å². The highest BCUT2D eigenvalue weighted by Gasteiger charge is 2.23. The minimum absolute atomic E-state index is 0.294. The molecule has 2 aromatic heterocycles. The van der Waals surface area contributed by atoms with E-state index in [0.29, 0.717) is 24.4 Å². The van der Waals surface area contributed by atoms with Crippen LogP contribution in [0.4, 0.5) is 5.69 Å². The monoisotopic (exact) mass is 540 g/mol. The van der Waals surface area contributed by atoms with Crippen molar-refractivity contribution in [1.29, 1.82) is 0 Å². The summed E-state index contributed by atoms with van der Waals surface area (Å²) in [5.41, 5.74) is 6.12. The van der Waals surface area contributed by atoms with Gasteiger partial charge in [0, 0.05) is 49.7 Å². The zero-order valence-corrected chi connectivity index (χ0v) is 22.8. The Morgan fingerprint density at radius 3 is 1.91 bits per heavy atom. The summed E-state index contributed by atoms with van der Waals surface area (Å²) in [6.07, 6.45) is 15.8. The molecule has 0 spiro atoms. The fraction of sp³-hybridized carbons (Fsp3) is 0.500. The molecular weight excluding hydrogens is 504 g/mol. The molecule has 0 bridgehead atoms. The summed E-state index contributed by atoms with van der Waals surface area (Å²) in [5, 5.41) is 3.26. The van der Waals surface area contributed by atoms with Gasteiger partial charge in [-0.2, -0.15) is 0 Å². The molecule has 0 unspecified atom stereocenters. The van der Waals surface area contributed by atoms with Crippen molar-refractivity contribution in [3.8, 4) is 0 Å². The number of rotatable bonds is 1. The zero-order chi connectivity index (χ0) is 24.8. The van der Waals surface area contributed by atoms with E-state index in [9.17, 15) is 0 Å². The molecule has 1 N–H and O–H groups in total. The molecule has 2 fully saturated rings. The molecule has 4 atom stereocenters. The van der Waals surface area contributed by atoms with Crippen LogP contribution >= 0.6 is 15.9 Å². The van der Waals surface area contributed by atoms with Gasteiger partial charge in [-0.1, -0.05) is 24.3 Å². The Balaban J connectivity index is 0.000000136. The van der Waals surface area contributed by atoms with Crippen LogP contribution in [0.2, 0.25) is 0 Å². The molecule has 2 aliphatic carbocycles. The second-order valence-corrected chi connectivity index (χ2v) is 10.6. The Morgan fingerprint density at radius 2 is 1.34 bits per heavy atom. The number of anilines is 1. The summed E-state index contributed by atoms with van der Waals surface area (Å²) in [6.45, 7) is 12.3. The number of nitrogens with zero attached hydrogens (tertiary/aromatic N) is 3. The first-order valence-electron chi connectivity index (χ1n) is 12.6. The molecule has 188 valence electrons. The first-order chi connectivity index (χ1) is 16.9. The van der Waals surface area contributed by atoms with Crippen LogP contribution in [0.25, 0.3) is 12.2 Å². The van der Waals surface area contributed by atoms with E-state index >= 15 is 0 Å². The number of ether oxygens (including phenoxy) is 2. The second kappa shape index (κ2) is 12.3. The van der Waals surface area contributed by atoms with Crippen LogP contribution in [-0.4, -0.2) is 60.6 Å². The molecule has 35 heavy (non-hydrogen) atoms. The smallest absolute Gasteiger partial charge is 0.0726 e. The number of morpholine rings is 2. The van der Waals surface area contributed by atoms with Gasteiger partial charge in [0.2, 0.25) is 0 Å². The molecule has 4 heterocycles. The summed E-state index contributed by atoms with van der Waals surface area (Å²) in [5.74, 6) is 0. The zero-order valence-electron chi connectivity index (χ0n) is 21.2. The summed E-state index contributed by atoms with van der Waals surface area (Å²) >= 11 is 3.37. The van der Waals surface area contributed by atoms with Gasteiger partial charge in [-0.05, 0) is 66.9 Å². The number of hydrogen-bond acceptors (Lipinski definition) is 6. The minimum Gasteiger partial charge on any atom is -0.373 e. The second-order valence-electron chi connectivity index (χ2n) is 9.71. The van der Waals surface area contributed by atoms with Crippen LogP contribution in [0.5, 0.6) is 0 Å². The molecule has 2 saturated heterocycles. The van der Waals surface area contributed by atoms with Crippen LogP contribution in [0.1, 0.15) is 50.2 Å². The number of pyridine rings is 2. The van der Waals surface area contributed by atoms with Crippen molar-refractivity contribution >= 4 is 33.8 Å². The standard InChI is InChI=1S/C14H18N2O.C8H6BrN.C6H13NO/c1-10-8-16(9-11(2)17-10)13-6-12-4-3-5-14(12)15-7-13;9-7-4-6-2-1-3-8(6)10-5-7;1-5-3-7-4-6(2)8-5/h3-4,6-7,10-11H,5,8-9H2,1-2H3;1-2,4-5H,3H2;5-7H,3-4H2,1-2H3/t10-,11+;;5-,6+. The molecule has 7 heteroatoms. The third-order valence-electron chi connectivity index (χ3n) is 6.29. The van der Waals surface area contributed by atoms with Crippen molar-refractivity contribution in [2.45, 2.75) is 65.0 Å². The van der Waals surface area contributed by atoms with Crippen molar-refractivity contribution in [1.82, 2.24) is 15.3 Å². The molecule has 0 aromatic carbocycles. The number of halogens is 1. The lowest BCUT2D eigenvalue weighted by Gasteiger charge is -2.36. The lowest BCUT2D eigenvalue weighted by atomic mass is 10.1. The van der Waals surface area contributed by atoms with Crippen LogP contribution in [0.3, 0.4) is 0 Å². The van der Waals surface area contributed by atoms with E-state index in [4.69, 9.17) is 9.47 Å². The van der Waals surface area contributed by atoms with Crippen molar-refractivity contribution in [2.75, 3.05) is 31.1 Å². The number of allylic oxidation sites excluding steroid dienone is 2. The Labute approximate surface area is 218 Å². The van der Waals surface area contributed by atoms with Crippen LogP contribution in [-0.2, 0) is 22.3 Å². The van der Waals surface area contributed by atoms with Gasteiger partial charge in [0.1, 0.15) is 0 Å². The Bertz CT molecular complexity index is 1040. The molecule has 6 rings (SSSR count). The van der Waals surface area contributed by atoms with Crippen LogP contribution < -0.4 is 10.2 Å². The molecule has 0 radical (unpaired) electrons. The molecule has 6 nitrogen and oxygen atoms in total. The van der Waals surface area contributed by atoms with Crippen LogP contribution in [0.15, 0.2) is 41.2 Å². The average molecular weight is 542 g/mol. The Hall–Kier alpha value is -2.06. The van der Waals surface area contributed by atoms with E-state index in [-0.39, 0.29) is 0 Å². The fourth-order valence-electron chi connectivity index (χ4n) is 4.75. The molecular formula is C28H37BrN4O2. The molecule has 2 aromatic rings. The lowest BCUT2D eigenvalue weighted by molar-refractivity contribution is -0.0166.